The van der Waals surface area contributed by atoms with E-state index in [2.05, 4.69) is 48.1 Å². The van der Waals surface area contributed by atoms with Crippen molar-refractivity contribution in [1.82, 2.24) is 9.88 Å². The van der Waals surface area contributed by atoms with E-state index in [0.29, 0.717) is 6.04 Å². The molecule has 0 spiro atoms. The molecular formula is C15H20N2. The van der Waals surface area contributed by atoms with E-state index in [-0.39, 0.29) is 0 Å². The van der Waals surface area contributed by atoms with Crippen LogP contribution in [0.1, 0.15) is 37.1 Å². The molecule has 0 bridgehead atoms. The zero-order valence-electron chi connectivity index (χ0n) is 10.7. The Kier molecular flexibility index (Phi) is 2.67. The lowest BCUT2D eigenvalue weighted by Gasteiger charge is -2.30. The first kappa shape index (κ1) is 10.8. The second-order valence-electron chi connectivity index (χ2n) is 5.04. The summed E-state index contributed by atoms with van der Waals surface area (Å²) < 4.78 is 0. The summed E-state index contributed by atoms with van der Waals surface area (Å²) in [5.41, 5.74) is 4.31. The predicted molar refractivity (Wildman–Crippen MR) is 72.3 cm³/mol. The number of H-pyrrole nitrogens is 1. The standard InChI is InChI=1S/C15H20N2/c1-3-17(2)14-10-6-8-12-11-7-4-5-9-13(11)16-15(12)14/h4-5,7,9,14,16H,3,6,8,10H2,1-2H3. The number of nitrogens with one attached hydrogen (secondary N) is 1. The lowest BCUT2D eigenvalue weighted by Crippen LogP contribution is -2.27. The number of hydrogen-bond acceptors (Lipinski definition) is 1. The highest BCUT2D eigenvalue weighted by Crippen LogP contribution is 2.37. The second kappa shape index (κ2) is 4.19. The molecule has 1 unspecified atom stereocenters. The van der Waals surface area contributed by atoms with Crippen molar-refractivity contribution in [2.45, 2.75) is 32.2 Å². The van der Waals surface area contributed by atoms with Gasteiger partial charge in [0.25, 0.3) is 0 Å². The normalized spacial score (nSPS) is 19.8. The summed E-state index contributed by atoms with van der Waals surface area (Å²) in [5, 5.41) is 1.43. The molecule has 1 aromatic carbocycles. The molecule has 1 aliphatic rings. The molecule has 1 aromatic heterocycles. The minimum atomic E-state index is 0.580. The lowest BCUT2D eigenvalue weighted by atomic mass is 9.91. The monoisotopic (exact) mass is 228 g/mol. The van der Waals surface area contributed by atoms with Crippen molar-refractivity contribution in [2.75, 3.05) is 13.6 Å². The summed E-state index contributed by atoms with van der Waals surface area (Å²) in [5.74, 6) is 0. The van der Waals surface area contributed by atoms with Crippen LogP contribution >= 0.6 is 0 Å². The van der Waals surface area contributed by atoms with Gasteiger partial charge in [-0.25, -0.2) is 0 Å². The van der Waals surface area contributed by atoms with Crippen LogP contribution in [-0.4, -0.2) is 23.5 Å². The Morgan fingerprint density at radius 2 is 2.18 bits per heavy atom. The van der Waals surface area contributed by atoms with Crippen molar-refractivity contribution in [2.24, 2.45) is 0 Å². The Labute approximate surface area is 103 Å². The minimum Gasteiger partial charge on any atom is -0.357 e. The van der Waals surface area contributed by atoms with Gasteiger partial charge < -0.3 is 4.98 Å². The number of nitrogens with zero attached hydrogens (tertiary/aromatic N) is 1. The third-order valence-corrected chi connectivity index (χ3v) is 4.12. The Balaban J connectivity index is 2.14. The van der Waals surface area contributed by atoms with Gasteiger partial charge in [-0.05, 0) is 44.5 Å². The molecule has 1 N–H and O–H groups in total. The van der Waals surface area contributed by atoms with Gasteiger partial charge in [-0.2, -0.15) is 0 Å². The largest absolute Gasteiger partial charge is 0.357 e. The number of aromatic amines is 1. The molecule has 0 fully saturated rings. The van der Waals surface area contributed by atoms with E-state index in [0.717, 1.165) is 6.54 Å². The summed E-state index contributed by atoms with van der Waals surface area (Å²) in [6, 6.07) is 9.28. The van der Waals surface area contributed by atoms with E-state index >= 15 is 0 Å². The van der Waals surface area contributed by atoms with E-state index in [9.17, 15) is 0 Å². The maximum absolute atomic E-state index is 3.64. The average molecular weight is 228 g/mol. The van der Waals surface area contributed by atoms with Gasteiger partial charge in [0.05, 0.1) is 0 Å². The fourth-order valence-electron chi connectivity index (χ4n) is 3.05. The van der Waals surface area contributed by atoms with E-state index in [1.54, 1.807) is 5.56 Å². The van der Waals surface area contributed by atoms with Crippen LogP contribution in [0.3, 0.4) is 0 Å². The van der Waals surface area contributed by atoms with Crippen LogP contribution < -0.4 is 0 Å². The average Bonchev–Trinajstić information content (AvgIpc) is 2.76. The molecular weight excluding hydrogens is 208 g/mol. The van der Waals surface area contributed by atoms with Gasteiger partial charge in [0.15, 0.2) is 0 Å². The van der Waals surface area contributed by atoms with E-state index in [1.165, 1.54) is 35.9 Å². The van der Waals surface area contributed by atoms with Gasteiger partial charge in [-0.15, -0.1) is 0 Å². The Morgan fingerprint density at radius 1 is 1.35 bits per heavy atom. The number of benzene rings is 1. The highest BCUT2D eigenvalue weighted by atomic mass is 15.1. The van der Waals surface area contributed by atoms with E-state index in [1.807, 2.05) is 0 Å². The van der Waals surface area contributed by atoms with Crippen LogP contribution in [-0.2, 0) is 6.42 Å². The lowest BCUT2D eigenvalue weighted by molar-refractivity contribution is 0.229. The van der Waals surface area contributed by atoms with Crippen molar-refractivity contribution in [3.05, 3.63) is 35.5 Å². The highest BCUT2D eigenvalue weighted by Gasteiger charge is 2.26. The third-order valence-electron chi connectivity index (χ3n) is 4.12. The Hall–Kier alpha value is -1.28. The fraction of sp³-hybridized carbons (Fsp3) is 0.467. The van der Waals surface area contributed by atoms with Crippen molar-refractivity contribution < 1.29 is 0 Å². The number of aromatic nitrogens is 1. The predicted octanol–water partition coefficient (Wildman–Crippen LogP) is 3.50. The van der Waals surface area contributed by atoms with Gasteiger partial charge in [0.2, 0.25) is 0 Å². The molecule has 1 aliphatic carbocycles. The number of hydrogen-bond donors (Lipinski definition) is 1. The quantitative estimate of drug-likeness (QED) is 0.833. The molecule has 0 aliphatic heterocycles. The van der Waals surface area contributed by atoms with Crippen LogP contribution in [0.15, 0.2) is 24.3 Å². The molecule has 3 rings (SSSR count). The summed E-state index contributed by atoms with van der Waals surface area (Å²) in [7, 11) is 2.23. The zero-order chi connectivity index (χ0) is 11.8. The number of rotatable bonds is 2. The van der Waals surface area contributed by atoms with Crippen LogP contribution in [0.2, 0.25) is 0 Å². The first-order valence-corrected chi connectivity index (χ1v) is 6.61. The van der Waals surface area contributed by atoms with Gasteiger partial charge >= 0.3 is 0 Å². The fourth-order valence-corrected chi connectivity index (χ4v) is 3.05. The molecule has 2 nitrogen and oxygen atoms in total. The summed E-state index contributed by atoms with van der Waals surface area (Å²) in [6.07, 6.45) is 3.82. The van der Waals surface area contributed by atoms with Crippen molar-refractivity contribution in [1.29, 1.82) is 0 Å². The third kappa shape index (κ3) is 1.67. The smallest absolute Gasteiger partial charge is 0.0498 e. The molecule has 17 heavy (non-hydrogen) atoms. The first-order valence-electron chi connectivity index (χ1n) is 6.61. The van der Waals surface area contributed by atoms with Crippen LogP contribution in [0.25, 0.3) is 10.9 Å². The number of para-hydroxylation sites is 1. The summed E-state index contributed by atoms with van der Waals surface area (Å²) in [6.45, 7) is 3.34. The summed E-state index contributed by atoms with van der Waals surface area (Å²) >= 11 is 0. The SMILES string of the molecule is CCN(C)C1CCCc2c1[nH]c1ccccc21. The van der Waals surface area contributed by atoms with E-state index < -0.39 is 0 Å². The van der Waals surface area contributed by atoms with Crippen LogP contribution in [0.5, 0.6) is 0 Å². The van der Waals surface area contributed by atoms with Gasteiger partial charge in [0, 0.05) is 22.6 Å². The zero-order valence-corrected chi connectivity index (χ0v) is 10.7. The topological polar surface area (TPSA) is 19.0 Å². The van der Waals surface area contributed by atoms with Crippen molar-refractivity contribution >= 4 is 10.9 Å². The van der Waals surface area contributed by atoms with Gasteiger partial charge in [0.1, 0.15) is 0 Å². The molecule has 0 amide bonds. The molecule has 2 aromatic rings. The molecule has 2 heteroatoms. The maximum Gasteiger partial charge on any atom is 0.0498 e. The molecule has 1 atom stereocenters. The maximum atomic E-state index is 3.64. The number of fused-ring (bicyclic) bond motifs is 3. The number of aryl methyl sites for hydroxylation is 1. The Morgan fingerprint density at radius 3 is 3.00 bits per heavy atom. The molecule has 0 radical (unpaired) electrons. The Bertz CT molecular complexity index is 527. The van der Waals surface area contributed by atoms with E-state index in [4.69, 9.17) is 0 Å². The molecule has 1 heterocycles. The van der Waals surface area contributed by atoms with Crippen LogP contribution in [0.4, 0.5) is 0 Å². The van der Waals surface area contributed by atoms with Gasteiger partial charge in [-0.1, -0.05) is 25.1 Å². The molecule has 0 saturated carbocycles. The molecule has 90 valence electrons. The van der Waals surface area contributed by atoms with Crippen molar-refractivity contribution in [3.8, 4) is 0 Å². The van der Waals surface area contributed by atoms with Crippen molar-refractivity contribution in [3.63, 3.8) is 0 Å². The molecule has 0 saturated heterocycles. The van der Waals surface area contributed by atoms with Crippen LogP contribution in [0, 0.1) is 0 Å². The second-order valence-corrected chi connectivity index (χ2v) is 5.04. The van der Waals surface area contributed by atoms with Gasteiger partial charge in [-0.3, -0.25) is 4.90 Å². The minimum absolute atomic E-state index is 0.580. The highest BCUT2D eigenvalue weighted by molar-refractivity contribution is 5.85. The first-order chi connectivity index (χ1) is 8.31. The summed E-state index contributed by atoms with van der Waals surface area (Å²) in [4.78, 5) is 6.09.